The first-order chi connectivity index (χ1) is 23.3. The predicted octanol–water partition coefficient (Wildman–Crippen LogP) is 3.30. The summed E-state index contributed by atoms with van der Waals surface area (Å²) in [7, 11) is 4.07. The quantitative estimate of drug-likeness (QED) is 0.0304. The Morgan fingerprint density at radius 1 is 0.898 bits per heavy atom. The number of carbonyl (C=O) groups is 5. The van der Waals surface area contributed by atoms with Gasteiger partial charge in [0.15, 0.2) is 0 Å². The van der Waals surface area contributed by atoms with E-state index in [-0.39, 0.29) is 61.1 Å². The molecule has 0 saturated carbocycles. The Balaban J connectivity index is 2.24. The van der Waals surface area contributed by atoms with Gasteiger partial charge in [-0.25, -0.2) is 0 Å². The second kappa shape index (κ2) is 25.4. The van der Waals surface area contributed by atoms with E-state index in [1.54, 1.807) is 24.3 Å². The van der Waals surface area contributed by atoms with Crippen LogP contribution in [-0.4, -0.2) is 102 Å². The molecule has 13 nitrogen and oxygen atoms in total. The van der Waals surface area contributed by atoms with Gasteiger partial charge in [-0.3, -0.25) is 29.4 Å². The van der Waals surface area contributed by atoms with E-state index in [2.05, 4.69) is 26.2 Å². The zero-order valence-corrected chi connectivity index (χ0v) is 30.7. The maximum Gasteiger partial charge on any atom is 0.306 e. The lowest BCUT2D eigenvalue weighted by Gasteiger charge is -2.20. The van der Waals surface area contributed by atoms with Gasteiger partial charge in [-0.05, 0) is 96.1 Å². The average molecular weight is 722 g/mol. The summed E-state index contributed by atoms with van der Waals surface area (Å²) in [5.41, 5.74) is 6.46. The van der Waals surface area contributed by atoms with E-state index >= 15 is 0 Å². The molecule has 0 radical (unpaired) electrons. The molecule has 1 aromatic carbocycles. The first-order valence-corrected chi connectivity index (χ1v) is 18.6. The third-order valence-corrected chi connectivity index (χ3v) is 8.50. The highest BCUT2D eigenvalue weighted by Gasteiger charge is 2.21. The molecule has 2 unspecified atom stereocenters. The minimum absolute atomic E-state index is 0.0547. The molecule has 1 rings (SSSR count). The van der Waals surface area contributed by atoms with E-state index in [9.17, 15) is 29.1 Å². The molecule has 0 aliphatic carbocycles. The Hall–Kier alpha value is -3.56. The number of nitrogens with one attached hydrogen (secondary N) is 5. The van der Waals surface area contributed by atoms with Crippen molar-refractivity contribution < 1.29 is 29.1 Å². The molecular formula is C34H55N7O6S2. The summed E-state index contributed by atoms with van der Waals surface area (Å²) in [4.78, 5) is 63.3. The second-order valence-corrected chi connectivity index (χ2v) is 13.7. The summed E-state index contributed by atoms with van der Waals surface area (Å²) in [6, 6.07) is 6.56. The van der Waals surface area contributed by atoms with Crippen molar-refractivity contribution in [2.75, 3.05) is 51.1 Å². The number of carboxylic acids is 1. The summed E-state index contributed by atoms with van der Waals surface area (Å²) in [5.74, 6) is -2.30. The summed E-state index contributed by atoms with van der Waals surface area (Å²) in [5, 5.41) is 28.7. The zero-order valence-electron chi connectivity index (χ0n) is 29.1. The number of rotatable bonds is 27. The summed E-state index contributed by atoms with van der Waals surface area (Å²) in [6.07, 6.45) is 7.64. The maximum absolute atomic E-state index is 12.4. The molecular weight excluding hydrogens is 667 g/mol. The van der Waals surface area contributed by atoms with Gasteiger partial charge in [0, 0.05) is 49.6 Å². The third-order valence-electron chi connectivity index (χ3n) is 7.66. The largest absolute Gasteiger partial charge is 0.481 e. The van der Waals surface area contributed by atoms with E-state index in [4.69, 9.17) is 23.4 Å². The number of thioether (sulfide) groups is 1. The van der Waals surface area contributed by atoms with Crippen molar-refractivity contribution in [2.24, 2.45) is 11.7 Å². The molecule has 8 N–H and O–H groups in total. The molecule has 0 aromatic heterocycles. The number of carboxylic acid groups (broad SMARTS) is 1. The Kier molecular flexibility index (Phi) is 22.5. The lowest BCUT2D eigenvalue weighted by atomic mass is 9.94. The van der Waals surface area contributed by atoms with E-state index in [0.29, 0.717) is 54.3 Å². The predicted molar refractivity (Wildman–Crippen MR) is 200 cm³/mol. The van der Waals surface area contributed by atoms with Crippen LogP contribution < -0.4 is 27.0 Å². The van der Waals surface area contributed by atoms with Gasteiger partial charge in [-0.1, -0.05) is 18.6 Å². The van der Waals surface area contributed by atoms with Gasteiger partial charge in [0.1, 0.15) is 11.6 Å². The number of nitrogens with zero attached hydrogens (tertiary/aromatic N) is 1. The highest BCUT2D eigenvalue weighted by molar-refractivity contribution is 7.99. The lowest BCUT2D eigenvalue weighted by molar-refractivity contribution is -0.144. The number of nitrogens with two attached hydrogens (primary N) is 1. The fourth-order valence-electron chi connectivity index (χ4n) is 5.00. The number of anilines is 1. The van der Waals surface area contributed by atoms with E-state index in [0.717, 1.165) is 38.6 Å². The van der Waals surface area contributed by atoms with Crippen LogP contribution in [0, 0.1) is 11.3 Å². The Labute approximate surface area is 300 Å². The van der Waals surface area contributed by atoms with Crippen molar-refractivity contribution in [3.8, 4) is 0 Å². The van der Waals surface area contributed by atoms with Crippen LogP contribution in [0.4, 0.5) is 5.69 Å². The molecule has 274 valence electrons. The molecule has 0 heterocycles. The molecule has 0 spiro atoms. The summed E-state index contributed by atoms with van der Waals surface area (Å²) in [6.45, 7) is 1.98. The van der Waals surface area contributed by atoms with Gasteiger partial charge >= 0.3 is 5.97 Å². The third kappa shape index (κ3) is 21.9. The number of amides is 3. The monoisotopic (exact) mass is 721 g/mol. The molecule has 0 fully saturated rings. The second-order valence-electron chi connectivity index (χ2n) is 12.3. The maximum atomic E-state index is 12.4. The van der Waals surface area contributed by atoms with Crippen LogP contribution in [-0.2, 0) is 24.0 Å². The molecule has 1 aromatic rings. The molecule has 0 aliphatic rings. The normalized spacial score (nSPS) is 12.1. The van der Waals surface area contributed by atoms with Crippen molar-refractivity contribution >= 4 is 70.0 Å². The number of hydrogen-bond donors (Lipinski definition) is 7. The zero-order chi connectivity index (χ0) is 36.6. The highest BCUT2D eigenvalue weighted by Crippen LogP contribution is 2.16. The highest BCUT2D eigenvalue weighted by atomic mass is 32.2. The van der Waals surface area contributed by atoms with Crippen LogP contribution in [0.2, 0.25) is 0 Å². The number of aliphatic carboxylic acids is 1. The van der Waals surface area contributed by atoms with Gasteiger partial charge in [-0.2, -0.15) is 11.8 Å². The molecule has 2 atom stereocenters. The number of ketones is 1. The molecule has 15 heteroatoms. The van der Waals surface area contributed by atoms with Crippen LogP contribution in [0.25, 0.3) is 0 Å². The lowest BCUT2D eigenvalue weighted by Crippen LogP contribution is -2.36. The summed E-state index contributed by atoms with van der Waals surface area (Å²) >= 11 is 6.79. The van der Waals surface area contributed by atoms with Crippen molar-refractivity contribution in [1.29, 1.82) is 5.41 Å². The fourth-order valence-corrected chi connectivity index (χ4v) is 5.58. The number of amidine groups is 1. The number of thiocarbonyl (C=S) groups is 1. The molecule has 0 saturated heterocycles. The number of unbranched alkanes of at least 4 members (excludes halogenated alkanes) is 2. The Morgan fingerprint density at radius 3 is 2.14 bits per heavy atom. The minimum Gasteiger partial charge on any atom is -0.481 e. The fraction of sp³-hybridized carbons (Fsp3) is 0.618. The Bertz CT molecular complexity index is 1230. The van der Waals surface area contributed by atoms with Gasteiger partial charge in [-0.15, -0.1) is 0 Å². The number of Topliss-reactive ketones (excluding diaryl/α,β-unsaturated/α-hetero) is 1. The van der Waals surface area contributed by atoms with Gasteiger partial charge in [0.2, 0.25) is 17.7 Å². The molecule has 0 bridgehead atoms. The number of benzene rings is 1. The SMILES string of the molecule is CSCC(=O)NC(CCCCNC(=O)CC(=S)NCCCCC(CC(=O)CCC(=O)Nc1ccc(C(=N)N)cc1)C(=O)O)CCCN(C)C. The summed E-state index contributed by atoms with van der Waals surface area (Å²) < 4.78 is 0. The van der Waals surface area contributed by atoms with Gasteiger partial charge < -0.3 is 37.0 Å². The van der Waals surface area contributed by atoms with E-state index in [1.807, 2.05) is 20.4 Å². The number of hydrogen-bond acceptors (Lipinski definition) is 9. The first kappa shape index (κ1) is 43.5. The van der Waals surface area contributed by atoms with Gasteiger partial charge in [0.05, 0.1) is 23.1 Å². The number of nitrogen functional groups attached to an aromatic ring is 1. The van der Waals surface area contributed by atoms with Crippen molar-refractivity contribution in [1.82, 2.24) is 20.9 Å². The van der Waals surface area contributed by atoms with Crippen LogP contribution in [0.15, 0.2) is 24.3 Å². The molecule has 49 heavy (non-hydrogen) atoms. The van der Waals surface area contributed by atoms with Crippen LogP contribution >= 0.6 is 24.0 Å². The van der Waals surface area contributed by atoms with E-state index in [1.165, 1.54) is 11.8 Å². The van der Waals surface area contributed by atoms with Crippen LogP contribution in [0.3, 0.4) is 0 Å². The molecule has 3 amide bonds. The average Bonchev–Trinajstić information content (AvgIpc) is 3.02. The first-order valence-electron chi connectivity index (χ1n) is 16.8. The van der Waals surface area contributed by atoms with Crippen LogP contribution in [0.5, 0.6) is 0 Å². The molecule has 0 aliphatic heterocycles. The smallest absolute Gasteiger partial charge is 0.306 e. The van der Waals surface area contributed by atoms with Crippen molar-refractivity contribution in [3.63, 3.8) is 0 Å². The van der Waals surface area contributed by atoms with Crippen molar-refractivity contribution in [2.45, 2.75) is 83.1 Å². The van der Waals surface area contributed by atoms with E-state index < -0.39 is 11.9 Å². The minimum atomic E-state index is -1.05. The topological polar surface area (TPSA) is 207 Å². The standard InChI is InChI=1S/C34H55N7O6S2/c1-41(2)20-8-11-26(40-31(45)23-49-3)10-5-7-18-37-30(44)22-32(48)38-19-6-4-9-25(34(46)47)21-28(42)16-17-29(43)39-27-14-12-24(13-15-27)33(35)36/h12-15,25-26H,4-11,16-23H2,1-3H3,(H3,35,36)(H,37,44)(H,38,48)(H,39,43)(H,40,45)(H,46,47). The van der Waals surface area contributed by atoms with Crippen molar-refractivity contribution in [3.05, 3.63) is 29.8 Å². The van der Waals surface area contributed by atoms with Crippen LogP contribution in [0.1, 0.15) is 82.6 Å². The van der Waals surface area contributed by atoms with Gasteiger partial charge in [0.25, 0.3) is 0 Å². The Morgan fingerprint density at radius 2 is 1.53 bits per heavy atom. The number of carbonyl (C=O) groups excluding carboxylic acids is 4.